The SMILES string of the molecule is Cc1ccc(Oc2cc([N+](=O)[O-])cc(Cl)n2)cc1. The summed E-state index contributed by atoms with van der Waals surface area (Å²) in [6.45, 7) is 1.95. The Morgan fingerprint density at radius 1 is 1.28 bits per heavy atom. The van der Waals surface area contributed by atoms with Crippen LogP contribution in [0, 0.1) is 17.0 Å². The predicted molar refractivity (Wildman–Crippen MR) is 67.2 cm³/mol. The molecule has 0 aliphatic carbocycles. The quantitative estimate of drug-likeness (QED) is 0.481. The zero-order chi connectivity index (χ0) is 13.1. The first-order valence-electron chi connectivity index (χ1n) is 5.11. The van der Waals surface area contributed by atoms with Crippen molar-refractivity contribution in [3.05, 3.63) is 57.2 Å². The van der Waals surface area contributed by atoms with Crippen LogP contribution in [0.15, 0.2) is 36.4 Å². The standard InChI is InChI=1S/C12H9ClN2O3/c1-8-2-4-10(5-3-8)18-12-7-9(15(16)17)6-11(13)14-12/h2-7H,1H3. The number of nitrogens with zero attached hydrogens (tertiary/aromatic N) is 2. The lowest BCUT2D eigenvalue weighted by Crippen LogP contribution is -1.93. The average molecular weight is 265 g/mol. The van der Waals surface area contributed by atoms with Gasteiger partial charge in [-0.05, 0) is 19.1 Å². The Morgan fingerprint density at radius 3 is 2.56 bits per heavy atom. The van der Waals surface area contributed by atoms with Crippen LogP contribution in [-0.2, 0) is 0 Å². The normalized spacial score (nSPS) is 10.1. The Bertz CT molecular complexity index is 584. The fraction of sp³-hybridized carbons (Fsp3) is 0.0833. The molecule has 1 aromatic carbocycles. The molecule has 0 fully saturated rings. The van der Waals surface area contributed by atoms with Gasteiger partial charge in [0.25, 0.3) is 5.69 Å². The van der Waals surface area contributed by atoms with E-state index in [0.29, 0.717) is 5.75 Å². The molecule has 0 aliphatic rings. The number of aryl methyl sites for hydroxylation is 1. The van der Waals surface area contributed by atoms with E-state index in [4.69, 9.17) is 16.3 Å². The van der Waals surface area contributed by atoms with Crippen molar-refractivity contribution >= 4 is 17.3 Å². The molecule has 0 atom stereocenters. The van der Waals surface area contributed by atoms with Gasteiger partial charge in [-0.2, -0.15) is 0 Å². The Hall–Kier alpha value is -2.14. The molecule has 0 aliphatic heterocycles. The van der Waals surface area contributed by atoms with Crippen molar-refractivity contribution in [3.8, 4) is 11.6 Å². The van der Waals surface area contributed by atoms with Gasteiger partial charge >= 0.3 is 0 Å². The Balaban J connectivity index is 2.28. The summed E-state index contributed by atoms with van der Waals surface area (Å²) in [5.41, 5.74) is 0.935. The first-order valence-corrected chi connectivity index (χ1v) is 5.49. The minimum Gasteiger partial charge on any atom is -0.439 e. The van der Waals surface area contributed by atoms with Crippen molar-refractivity contribution in [3.63, 3.8) is 0 Å². The van der Waals surface area contributed by atoms with Crippen LogP contribution in [0.25, 0.3) is 0 Å². The zero-order valence-corrected chi connectivity index (χ0v) is 10.2. The molecular weight excluding hydrogens is 256 g/mol. The van der Waals surface area contributed by atoms with Gasteiger partial charge in [-0.3, -0.25) is 10.1 Å². The number of hydrogen-bond acceptors (Lipinski definition) is 4. The third kappa shape index (κ3) is 2.95. The molecule has 0 saturated carbocycles. The molecule has 92 valence electrons. The summed E-state index contributed by atoms with van der Waals surface area (Å²) in [6, 6.07) is 9.64. The highest BCUT2D eigenvalue weighted by Crippen LogP contribution is 2.26. The molecule has 1 heterocycles. The van der Waals surface area contributed by atoms with Crippen LogP contribution >= 0.6 is 11.6 Å². The number of pyridine rings is 1. The molecule has 6 heteroatoms. The van der Waals surface area contributed by atoms with Crippen molar-refractivity contribution in [2.24, 2.45) is 0 Å². The van der Waals surface area contributed by atoms with Crippen molar-refractivity contribution < 1.29 is 9.66 Å². The molecule has 0 N–H and O–H groups in total. The summed E-state index contributed by atoms with van der Waals surface area (Å²) in [5.74, 6) is 0.641. The summed E-state index contributed by atoms with van der Waals surface area (Å²) in [4.78, 5) is 14.0. The number of rotatable bonds is 3. The van der Waals surface area contributed by atoms with Gasteiger partial charge in [-0.15, -0.1) is 0 Å². The molecule has 2 aromatic rings. The lowest BCUT2D eigenvalue weighted by atomic mass is 10.2. The maximum atomic E-state index is 10.7. The van der Waals surface area contributed by atoms with E-state index in [1.165, 1.54) is 12.1 Å². The van der Waals surface area contributed by atoms with Crippen molar-refractivity contribution in [1.82, 2.24) is 4.98 Å². The molecule has 18 heavy (non-hydrogen) atoms. The highest BCUT2D eigenvalue weighted by molar-refractivity contribution is 6.29. The van der Waals surface area contributed by atoms with Gasteiger partial charge in [-0.1, -0.05) is 29.3 Å². The second-order valence-corrected chi connectivity index (χ2v) is 4.05. The van der Waals surface area contributed by atoms with Crippen LogP contribution in [0.3, 0.4) is 0 Å². The second-order valence-electron chi connectivity index (χ2n) is 3.66. The number of aromatic nitrogens is 1. The third-order valence-electron chi connectivity index (χ3n) is 2.21. The fourth-order valence-corrected chi connectivity index (χ4v) is 1.54. The summed E-state index contributed by atoms with van der Waals surface area (Å²) >= 11 is 5.69. The van der Waals surface area contributed by atoms with Gasteiger partial charge in [0.1, 0.15) is 10.9 Å². The highest BCUT2D eigenvalue weighted by atomic mass is 35.5. The first-order chi connectivity index (χ1) is 8.54. The maximum Gasteiger partial charge on any atom is 0.277 e. The van der Waals surface area contributed by atoms with E-state index in [9.17, 15) is 10.1 Å². The first kappa shape index (κ1) is 12.3. The number of ether oxygens (including phenoxy) is 1. The van der Waals surface area contributed by atoms with Crippen LogP contribution < -0.4 is 4.74 Å². The largest absolute Gasteiger partial charge is 0.439 e. The Kier molecular flexibility index (Phi) is 3.43. The molecule has 0 unspecified atom stereocenters. The molecule has 0 saturated heterocycles. The Labute approximate surface area is 108 Å². The van der Waals surface area contributed by atoms with Gasteiger partial charge < -0.3 is 4.74 Å². The van der Waals surface area contributed by atoms with Crippen LogP contribution in [0.2, 0.25) is 5.15 Å². The van der Waals surface area contributed by atoms with Crippen LogP contribution in [0.5, 0.6) is 11.6 Å². The van der Waals surface area contributed by atoms with E-state index in [1.54, 1.807) is 12.1 Å². The van der Waals surface area contributed by atoms with Gasteiger partial charge in [0.15, 0.2) is 0 Å². The van der Waals surface area contributed by atoms with E-state index < -0.39 is 4.92 Å². The van der Waals surface area contributed by atoms with Crippen LogP contribution in [0.4, 0.5) is 5.69 Å². The monoisotopic (exact) mass is 264 g/mol. The van der Waals surface area contributed by atoms with Crippen molar-refractivity contribution in [2.45, 2.75) is 6.92 Å². The van der Waals surface area contributed by atoms with Gasteiger partial charge in [0, 0.05) is 0 Å². The average Bonchev–Trinajstić information content (AvgIpc) is 2.31. The Morgan fingerprint density at radius 2 is 1.94 bits per heavy atom. The minimum absolute atomic E-state index is 0.0197. The lowest BCUT2D eigenvalue weighted by Gasteiger charge is -2.05. The van der Waals surface area contributed by atoms with Crippen molar-refractivity contribution in [1.29, 1.82) is 0 Å². The number of nitro groups is 1. The lowest BCUT2D eigenvalue weighted by molar-refractivity contribution is -0.385. The zero-order valence-electron chi connectivity index (χ0n) is 9.46. The molecule has 2 rings (SSSR count). The predicted octanol–water partition coefficient (Wildman–Crippen LogP) is 3.74. The number of halogens is 1. The number of hydrogen-bond donors (Lipinski definition) is 0. The number of benzene rings is 1. The molecule has 0 spiro atoms. The van der Waals surface area contributed by atoms with Gasteiger partial charge in [0.2, 0.25) is 5.88 Å². The van der Waals surface area contributed by atoms with E-state index in [0.717, 1.165) is 5.56 Å². The molecule has 5 nitrogen and oxygen atoms in total. The summed E-state index contributed by atoms with van der Waals surface area (Å²) in [6.07, 6.45) is 0. The minimum atomic E-state index is -0.546. The van der Waals surface area contributed by atoms with E-state index in [2.05, 4.69) is 4.98 Å². The van der Waals surface area contributed by atoms with E-state index in [1.807, 2.05) is 19.1 Å². The van der Waals surface area contributed by atoms with Crippen LogP contribution in [0.1, 0.15) is 5.56 Å². The van der Waals surface area contributed by atoms with Gasteiger partial charge in [0.05, 0.1) is 17.1 Å². The second kappa shape index (κ2) is 5.01. The highest BCUT2D eigenvalue weighted by Gasteiger charge is 2.11. The topological polar surface area (TPSA) is 65.3 Å². The third-order valence-corrected chi connectivity index (χ3v) is 2.40. The molecule has 0 bridgehead atoms. The summed E-state index contributed by atoms with van der Waals surface area (Å²) in [7, 11) is 0. The molecular formula is C12H9ClN2O3. The molecule has 0 radical (unpaired) electrons. The van der Waals surface area contributed by atoms with E-state index >= 15 is 0 Å². The van der Waals surface area contributed by atoms with Gasteiger partial charge in [-0.25, -0.2) is 4.98 Å². The van der Waals surface area contributed by atoms with E-state index in [-0.39, 0.29) is 16.7 Å². The molecule has 1 aromatic heterocycles. The summed E-state index contributed by atoms with van der Waals surface area (Å²) < 4.78 is 5.40. The van der Waals surface area contributed by atoms with Crippen molar-refractivity contribution in [2.75, 3.05) is 0 Å². The summed E-state index contributed by atoms with van der Waals surface area (Å²) in [5, 5.41) is 10.7. The van der Waals surface area contributed by atoms with Crippen LogP contribution in [-0.4, -0.2) is 9.91 Å². The smallest absolute Gasteiger partial charge is 0.277 e. The molecule has 0 amide bonds. The fourth-order valence-electron chi connectivity index (χ4n) is 1.34. The maximum absolute atomic E-state index is 10.7.